The van der Waals surface area contributed by atoms with Crippen LogP contribution in [0.1, 0.15) is 39.7 Å². The van der Waals surface area contributed by atoms with Crippen LogP contribution in [-0.4, -0.2) is 60.7 Å². The van der Waals surface area contributed by atoms with Crippen LogP contribution in [0.25, 0.3) is 0 Å². The summed E-state index contributed by atoms with van der Waals surface area (Å²) in [7, 11) is 0. The maximum Gasteiger partial charge on any atom is 0.407 e. The van der Waals surface area contributed by atoms with Crippen molar-refractivity contribution in [2.75, 3.05) is 31.5 Å². The van der Waals surface area contributed by atoms with Crippen LogP contribution < -0.4 is 16.0 Å². The van der Waals surface area contributed by atoms with Gasteiger partial charge in [-0.3, -0.25) is 4.79 Å². The lowest BCUT2D eigenvalue weighted by Gasteiger charge is -2.23. The summed E-state index contributed by atoms with van der Waals surface area (Å²) in [4.78, 5) is 30.7. The number of ether oxygens (including phenoxy) is 1. The Hall–Kier alpha value is -3.21. The number of carbonyl (C=O) groups is 2. The normalized spacial score (nSPS) is 16.6. The number of terminal acetylenes is 1. The molecule has 1 heterocycles. The molecule has 0 spiro atoms. The van der Waals surface area contributed by atoms with Crippen molar-refractivity contribution in [3.63, 3.8) is 0 Å². The molecule has 3 N–H and O–H groups in total. The zero-order valence-electron chi connectivity index (χ0n) is 18.1. The SMILES string of the molecule is C#Cc1cccc(NC(=O)CN=C(NCC)N2CCC(NC(=O)OC(C)(C)C)C2)c1. The topological polar surface area (TPSA) is 95.1 Å². The van der Waals surface area contributed by atoms with Gasteiger partial charge in [-0.15, -0.1) is 6.42 Å². The Morgan fingerprint density at radius 1 is 1.37 bits per heavy atom. The van der Waals surface area contributed by atoms with Gasteiger partial charge in [0, 0.05) is 30.9 Å². The summed E-state index contributed by atoms with van der Waals surface area (Å²) in [6, 6.07) is 7.07. The Labute approximate surface area is 178 Å². The van der Waals surface area contributed by atoms with Gasteiger partial charge in [0.15, 0.2) is 5.96 Å². The Bertz CT molecular complexity index is 823. The molecule has 2 amide bonds. The number of nitrogens with one attached hydrogen (secondary N) is 3. The summed E-state index contributed by atoms with van der Waals surface area (Å²) in [6.07, 6.45) is 5.74. The molecule has 1 fully saturated rings. The van der Waals surface area contributed by atoms with Gasteiger partial charge < -0.3 is 25.6 Å². The van der Waals surface area contributed by atoms with Crippen LogP contribution in [0.15, 0.2) is 29.3 Å². The number of likely N-dealkylation sites (tertiary alicyclic amines) is 1. The van der Waals surface area contributed by atoms with E-state index in [1.807, 2.05) is 32.6 Å². The number of carbonyl (C=O) groups excluding carboxylic acids is 2. The highest BCUT2D eigenvalue weighted by Crippen LogP contribution is 2.13. The van der Waals surface area contributed by atoms with Crippen molar-refractivity contribution < 1.29 is 14.3 Å². The van der Waals surface area contributed by atoms with Gasteiger partial charge >= 0.3 is 6.09 Å². The highest BCUT2D eigenvalue weighted by Gasteiger charge is 2.28. The van der Waals surface area contributed by atoms with Crippen molar-refractivity contribution in [2.45, 2.75) is 45.8 Å². The van der Waals surface area contributed by atoms with E-state index in [1.165, 1.54) is 0 Å². The summed E-state index contributed by atoms with van der Waals surface area (Å²) in [5.41, 5.74) is 0.801. The van der Waals surface area contributed by atoms with Crippen LogP contribution >= 0.6 is 0 Å². The third-order valence-electron chi connectivity index (χ3n) is 4.23. The van der Waals surface area contributed by atoms with E-state index in [1.54, 1.807) is 24.3 Å². The molecule has 1 atom stereocenters. The van der Waals surface area contributed by atoms with Crippen LogP contribution in [-0.2, 0) is 9.53 Å². The molecule has 0 bridgehead atoms. The summed E-state index contributed by atoms with van der Waals surface area (Å²) in [6.45, 7) is 9.42. The monoisotopic (exact) mass is 413 g/mol. The molecule has 0 saturated carbocycles. The first-order valence-electron chi connectivity index (χ1n) is 10.1. The zero-order valence-corrected chi connectivity index (χ0v) is 18.1. The summed E-state index contributed by atoms with van der Waals surface area (Å²) in [5.74, 6) is 2.94. The van der Waals surface area contributed by atoms with E-state index in [4.69, 9.17) is 11.2 Å². The van der Waals surface area contributed by atoms with Gasteiger partial charge in [0.2, 0.25) is 5.91 Å². The molecule has 8 nitrogen and oxygen atoms in total. The predicted octanol–water partition coefficient (Wildman–Crippen LogP) is 2.17. The number of guanidine groups is 1. The zero-order chi connectivity index (χ0) is 22.1. The van der Waals surface area contributed by atoms with Crippen molar-refractivity contribution in [1.29, 1.82) is 0 Å². The van der Waals surface area contributed by atoms with E-state index in [0.29, 0.717) is 30.3 Å². The first kappa shape index (κ1) is 23.1. The van der Waals surface area contributed by atoms with Gasteiger partial charge in [-0.25, -0.2) is 9.79 Å². The first-order chi connectivity index (χ1) is 14.2. The second kappa shape index (κ2) is 10.5. The molecule has 1 aromatic rings. The molecular weight excluding hydrogens is 382 g/mol. The van der Waals surface area contributed by atoms with Crippen molar-refractivity contribution in [1.82, 2.24) is 15.5 Å². The number of alkyl carbamates (subject to hydrolysis) is 1. The summed E-state index contributed by atoms with van der Waals surface area (Å²) < 4.78 is 5.32. The molecular formula is C22H31N5O3. The molecule has 1 saturated heterocycles. The highest BCUT2D eigenvalue weighted by atomic mass is 16.6. The smallest absolute Gasteiger partial charge is 0.407 e. The highest BCUT2D eigenvalue weighted by molar-refractivity contribution is 5.94. The van der Waals surface area contributed by atoms with E-state index in [-0.39, 0.29) is 18.5 Å². The lowest BCUT2D eigenvalue weighted by Crippen LogP contribution is -2.44. The minimum atomic E-state index is -0.536. The maximum absolute atomic E-state index is 12.3. The summed E-state index contributed by atoms with van der Waals surface area (Å²) in [5, 5.41) is 8.89. The molecule has 162 valence electrons. The second-order valence-corrected chi connectivity index (χ2v) is 8.02. The summed E-state index contributed by atoms with van der Waals surface area (Å²) >= 11 is 0. The van der Waals surface area contributed by atoms with E-state index in [0.717, 1.165) is 13.0 Å². The van der Waals surface area contributed by atoms with Gasteiger partial charge in [0.05, 0.1) is 6.04 Å². The molecule has 30 heavy (non-hydrogen) atoms. The number of rotatable bonds is 5. The molecule has 1 aliphatic rings. The number of anilines is 1. The van der Waals surface area contributed by atoms with Crippen LogP contribution in [0.3, 0.4) is 0 Å². The molecule has 1 aromatic carbocycles. The number of nitrogens with zero attached hydrogens (tertiary/aromatic N) is 2. The van der Waals surface area contributed by atoms with Crippen molar-refractivity contribution in [3.8, 4) is 12.3 Å². The lowest BCUT2D eigenvalue weighted by atomic mass is 10.2. The third kappa shape index (κ3) is 7.66. The Kier molecular flexibility index (Phi) is 8.10. The van der Waals surface area contributed by atoms with E-state index < -0.39 is 11.7 Å². The van der Waals surface area contributed by atoms with E-state index >= 15 is 0 Å². The minimum Gasteiger partial charge on any atom is -0.444 e. The Morgan fingerprint density at radius 3 is 2.80 bits per heavy atom. The molecule has 0 radical (unpaired) electrons. The largest absolute Gasteiger partial charge is 0.444 e. The lowest BCUT2D eigenvalue weighted by molar-refractivity contribution is -0.114. The quantitative estimate of drug-likeness (QED) is 0.391. The second-order valence-electron chi connectivity index (χ2n) is 8.02. The minimum absolute atomic E-state index is 0.0245. The molecule has 2 rings (SSSR count). The van der Waals surface area contributed by atoms with E-state index in [2.05, 4.69) is 26.9 Å². The van der Waals surface area contributed by atoms with Crippen molar-refractivity contribution >= 4 is 23.6 Å². The Balaban J connectivity index is 1.91. The van der Waals surface area contributed by atoms with Gasteiger partial charge in [-0.05, 0) is 52.3 Å². The van der Waals surface area contributed by atoms with E-state index in [9.17, 15) is 9.59 Å². The van der Waals surface area contributed by atoms with Crippen LogP contribution in [0.4, 0.5) is 10.5 Å². The number of aliphatic imine (C=N–C) groups is 1. The van der Waals surface area contributed by atoms with Crippen molar-refractivity contribution in [2.24, 2.45) is 4.99 Å². The Morgan fingerprint density at radius 2 is 2.13 bits per heavy atom. The van der Waals surface area contributed by atoms with Gasteiger partial charge in [0.1, 0.15) is 12.1 Å². The molecule has 0 aromatic heterocycles. The molecule has 0 aliphatic carbocycles. The predicted molar refractivity (Wildman–Crippen MR) is 118 cm³/mol. The van der Waals surface area contributed by atoms with Gasteiger partial charge in [-0.2, -0.15) is 0 Å². The number of hydrogen-bond acceptors (Lipinski definition) is 4. The fraction of sp³-hybridized carbons (Fsp3) is 0.500. The average Bonchev–Trinajstić information content (AvgIpc) is 3.11. The maximum atomic E-state index is 12.3. The van der Waals surface area contributed by atoms with Crippen LogP contribution in [0.2, 0.25) is 0 Å². The van der Waals surface area contributed by atoms with Crippen LogP contribution in [0, 0.1) is 12.3 Å². The fourth-order valence-corrected chi connectivity index (χ4v) is 3.00. The standard InChI is InChI=1S/C22H31N5O3/c1-6-16-9-8-10-17(13-16)25-19(28)14-24-20(23-7-2)27-12-11-18(15-27)26-21(29)30-22(3,4)5/h1,8-10,13,18H,7,11-12,14-15H2,2-5H3,(H,23,24)(H,25,28)(H,26,29). The molecule has 1 unspecified atom stereocenters. The first-order valence-corrected chi connectivity index (χ1v) is 10.1. The molecule has 1 aliphatic heterocycles. The fourth-order valence-electron chi connectivity index (χ4n) is 3.00. The van der Waals surface area contributed by atoms with Crippen molar-refractivity contribution in [3.05, 3.63) is 29.8 Å². The number of amides is 2. The van der Waals surface area contributed by atoms with Gasteiger partial charge in [0.25, 0.3) is 0 Å². The third-order valence-corrected chi connectivity index (χ3v) is 4.23. The van der Waals surface area contributed by atoms with Gasteiger partial charge in [-0.1, -0.05) is 12.0 Å². The van der Waals surface area contributed by atoms with Crippen LogP contribution in [0.5, 0.6) is 0 Å². The molecule has 8 heteroatoms. The number of benzene rings is 1. The number of hydrogen-bond donors (Lipinski definition) is 3. The average molecular weight is 414 g/mol.